The number of nitrogens with zero attached hydrogens (tertiary/aromatic N) is 4. The number of aryl methyl sites for hydroxylation is 1. The van der Waals surface area contributed by atoms with Crippen LogP contribution in [-0.2, 0) is 0 Å². The summed E-state index contributed by atoms with van der Waals surface area (Å²) in [5, 5.41) is 4.38. The third kappa shape index (κ3) is 2.92. The van der Waals surface area contributed by atoms with Gasteiger partial charge in [0.25, 0.3) is 5.91 Å². The molecule has 6 nitrogen and oxygen atoms in total. The number of para-hydroxylation sites is 1. The van der Waals surface area contributed by atoms with E-state index in [9.17, 15) is 4.79 Å². The largest absolute Gasteiger partial charge is 0.496 e. The van der Waals surface area contributed by atoms with Gasteiger partial charge in [-0.05, 0) is 44.4 Å². The van der Waals surface area contributed by atoms with E-state index >= 15 is 0 Å². The number of hydrogen-bond donors (Lipinski definition) is 0. The highest BCUT2D eigenvalue weighted by Gasteiger charge is 2.31. The van der Waals surface area contributed by atoms with Gasteiger partial charge in [-0.3, -0.25) is 4.79 Å². The van der Waals surface area contributed by atoms with Gasteiger partial charge < -0.3 is 9.64 Å². The minimum absolute atomic E-state index is 0.00138. The van der Waals surface area contributed by atoms with Crippen molar-refractivity contribution in [2.75, 3.05) is 13.7 Å². The van der Waals surface area contributed by atoms with Crippen LogP contribution in [0.25, 0.3) is 5.65 Å². The molecule has 4 rings (SSSR count). The number of aromatic nitrogens is 3. The summed E-state index contributed by atoms with van der Waals surface area (Å²) >= 11 is 0. The summed E-state index contributed by atoms with van der Waals surface area (Å²) < 4.78 is 7.16. The number of carbonyl (C=O) groups excluding carboxylic acids is 1. The predicted octanol–water partition coefficient (Wildman–Crippen LogP) is 3.41. The van der Waals surface area contributed by atoms with Crippen molar-refractivity contribution in [1.82, 2.24) is 19.5 Å². The standard InChI is InChI=1S/C20H22N4O2/c1-14-13-19-21-16(10-12-24(19)22-14)17-8-5-6-11-23(17)20(25)15-7-3-4-9-18(15)26-2/h3-4,7,9-10,12-13,17H,5-6,8,11H2,1-2H3. The average Bonchev–Trinajstić information content (AvgIpc) is 3.06. The van der Waals surface area contributed by atoms with Crippen LogP contribution in [0.3, 0.4) is 0 Å². The molecule has 26 heavy (non-hydrogen) atoms. The van der Waals surface area contributed by atoms with Gasteiger partial charge in [-0.2, -0.15) is 5.10 Å². The molecule has 0 N–H and O–H groups in total. The first-order chi connectivity index (χ1) is 12.7. The van der Waals surface area contributed by atoms with E-state index in [4.69, 9.17) is 9.72 Å². The monoisotopic (exact) mass is 350 g/mol. The molecule has 3 heterocycles. The molecule has 0 radical (unpaired) electrons. The number of rotatable bonds is 3. The number of piperidine rings is 1. The van der Waals surface area contributed by atoms with Gasteiger partial charge in [0.05, 0.1) is 30.1 Å². The van der Waals surface area contributed by atoms with Crippen molar-refractivity contribution in [3.8, 4) is 5.75 Å². The van der Waals surface area contributed by atoms with Crippen molar-refractivity contribution in [2.45, 2.75) is 32.2 Å². The lowest BCUT2D eigenvalue weighted by Gasteiger charge is -2.35. The van der Waals surface area contributed by atoms with Crippen LogP contribution in [0.1, 0.15) is 47.1 Å². The van der Waals surface area contributed by atoms with Gasteiger partial charge >= 0.3 is 0 Å². The molecular weight excluding hydrogens is 328 g/mol. The Morgan fingerprint density at radius 3 is 2.92 bits per heavy atom. The number of fused-ring (bicyclic) bond motifs is 1. The highest BCUT2D eigenvalue weighted by atomic mass is 16.5. The van der Waals surface area contributed by atoms with Crippen molar-refractivity contribution >= 4 is 11.6 Å². The summed E-state index contributed by atoms with van der Waals surface area (Å²) in [5.41, 5.74) is 3.26. The fourth-order valence-electron chi connectivity index (χ4n) is 3.66. The SMILES string of the molecule is COc1ccccc1C(=O)N1CCCCC1c1ccn2nc(C)cc2n1. The maximum Gasteiger partial charge on any atom is 0.258 e. The third-order valence-corrected chi connectivity index (χ3v) is 4.91. The molecule has 134 valence electrons. The van der Waals surface area contributed by atoms with Gasteiger partial charge in [0.2, 0.25) is 0 Å². The molecule has 6 heteroatoms. The number of likely N-dealkylation sites (tertiary alicyclic amines) is 1. The van der Waals surface area contributed by atoms with Gasteiger partial charge in [0, 0.05) is 18.8 Å². The molecule has 1 fully saturated rings. The average molecular weight is 350 g/mol. The lowest BCUT2D eigenvalue weighted by molar-refractivity contribution is 0.0603. The second kappa shape index (κ2) is 6.78. The van der Waals surface area contributed by atoms with Crippen molar-refractivity contribution < 1.29 is 9.53 Å². The number of ether oxygens (including phenoxy) is 1. The topological polar surface area (TPSA) is 59.7 Å². The Morgan fingerprint density at radius 1 is 1.23 bits per heavy atom. The van der Waals surface area contributed by atoms with Crippen molar-refractivity contribution in [3.05, 3.63) is 59.5 Å². The molecule has 1 saturated heterocycles. The number of benzene rings is 1. The van der Waals surface area contributed by atoms with Crippen LogP contribution < -0.4 is 4.74 Å². The Kier molecular flexibility index (Phi) is 4.32. The normalized spacial score (nSPS) is 17.5. The molecule has 3 aromatic rings. The highest BCUT2D eigenvalue weighted by Crippen LogP contribution is 2.33. The van der Waals surface area contributed by atoms with E-state index in [1.165, 1.54) is 0 Å². The smallest absolute Gasteiger partial charge is 0.258 e. The molecule has 1 aromatic carbocycles. The number of hydrogen-bond acceptors (Lipinski definition) is 4. The van der Waals surface area contributed by atoms with Crippen LogP contribution in [0, 0.1) is 6.92 Å². The Hall–Kier alpha value is -2.89. The van der Waals surface area contributed by atoms with Gasteiger partial charge in [-0.1, -0.05) is 12.1 Å². The van der Waals surface area contributed by atoms with E-state index in [0.717, 1.165) is 42.8 Å². The molecular formula is C20H22N4O2. The van der Waals surface area contributed by atoms with E-state index in [1.54, 1.807) is 11.6 Å². The summed E-state index contributed by atoms with van der Waals surface area (Å²) in [6, 6.07) is 11.3. The van der Waals surface area contributed by atoms with E-state index in [1.807, 2.05) is 54.4 Å². The van der Waals surface area contributed by atoms with Crippen molar-refractivity contribution in [1.29, 1.82) is 0 Å². The van der Waals surface area contributed by atoms with Crippen LogP contribution in [0.2, 0.25) is 0 Å². The van der Waals surface area contributed by atoms with Gasteiger partial charge in [-0.25, -0.2) is 9.50 Å². The molecule has 0 spiro atoms. The Bertz CT molecular complexity index is 950. The fraction of sp³-hybridized carbons (Fsp3) is 0.350. The van der Waals surface area contributed by atoms with Crippen LogP contribution >= 0.6 is 0 Å². The molecule has 0 aliphatic carbocycles. The second-order valence-corrected chi connectivity index (χ2v) is 6.65. The van der Waals surface area contributed by atoms with Crippen LogP contribution in [0.5, 0.6) is 5.75 Å². The van der Waals surface area contributed by atoms with Gasteiger partial charge in [0.1, 0.15) is 5.75 Å². The number of methoxy groups -OCH3 is 1. The molecule has 2 aromatic heterocycles. The summed E-state index contributed by atoms with van der Waals surface area (Å²) in [6.07, 6.45) is 4.93. The summed E-state index contributed by atoms with van der Waals surface area (Å²) in [7, 11) is 1.59. The van der Waals surface area contributed by atoms with Crippen LogP contribution in [0.15, 0.2) is 42.6 Å². The van der Waals surface area contributed by atoms with E-state index in [2.05, 4.69) is 5.10 Å². The lowest BCUT2D eigenvalue weighted by atomic mass is 9.97. The number of amides is 1. The maximum absolute atomic E-state index is 13.2. The summed E-state index contributed by atoms with van der Waals surface area (Å²) in [5.74, 6) is 0.607. The molecule has 1 aliphatic heterocycles. The molecule has 1 unspecified atom stereocenters. The van der Waals surface area contributed by atoms with E-state index < -0.39 is 0 Å². The lowest BCUT2D eigenvalue weighted by Crippen LogP contribution is -2.39. The van der Waals surface area contributed by atoms with Crippen LogP contribution in [0.4, 0.5) is 0 Å². The third-order valence-electron chi connectivity index (χ3n) is 4.91. The van der Waals surface area contributed by atoms with Gasteiger partial charge in [0.15, 0.2) is 5.65 Å². The molecule has 0 saturated carbocycles. The summed E-state index contributed by atoms with van der Waals surface area (Å²) in [4.78, 5) is 19.9. The Balaban J connectivity index is 1.70. The second-order valence-electron chi connectivity index (χ2n) is 6.65. The van der Waals surface area contributed by atoms with Crippen molar-refractivity contribution in [3.63, 3.8) is 0 Å². The zero-order valence-corrected chi connectivity index (χ0v) is 15.1. The zero-order chi connectivity index (χ0) is 18.1. The maximum atomic E-state index is 13.2. The minimum atomic E-state index is -0.0265. The predicted molar refractivity (Wildman–Crippen MR) is 98.3 cm³/mol. The summed E-state index contributed by atoms with van der Waals surface area (Å²) in [6.45, 7) is 2.68. The Labute approximate surface area is 152 Å². The first-order valence-electron chi connectivity index (χ1n) is 8.94. The molecule has 1 amide bonds. The van der Waals surface area contributed by atoms with Crippen molar-refractivity contribution in [2.24, 2.45) is 0 Å². The molecule has 1 atom stereocenters. The van der Waals surface area contributed by atoms with E-state index in [-0.39, 0.29) is 11.9 Å². The fourth-order valence-corrected chi connectivity index (χ4v) is 3.66. The first kappa shape index (κ1) is 16.6. The van der Waals surface area contributed by atoms with Crippen LogP contribution in [-0.4, -0.2) is 39.1 Å². The number of carbonyl (C=O) groups is 1. The molecule has 1 aliphatic rings. The highest BCUT2D eigenvalue weighted by molar-refractivity contribution is 5.97. The Morgan fingerprint density at radius 2 is 2.08 bits per heavy atom. The quantitative estimate of drug-likeness (QED) is 0.726. The molecule has 0 bridgehead atoms. The van der Waals surface area contributed by atoms with E-state index in [0.29, 0.717) is 11.3 Å². The first-order valence-corrected chi connectivity index (χ1v) is 8.94. The van der Waals surface area contributed by atoms with Gasteiger partial charge in [-0.15, -0.1) is 0 Å². The zero-order valence-electron chi connectivity index (χ0n) is 15.1. The minimum Gasteiger partial charge on any atom is -0.496 e.